The molecule has 0 aromatic heterocycles. The Morgan fingerprint density at radius 1 is 1.07 bits per heavy atom. The number of ether oxygens (including phenoxy) is 2. The van der Waals surface area contributed by atoms with Gasteiger partial charge in [0.15, 0.2) is 0 Å². The van der Waals surface area contributed by atoms with E-state index >= 15 is 0 Å². The zero-order valence-electron chi connectivity index (χ0n) is 16.4. The Kier molecular flexibility index (Phi) is 7.15. The molecule has 2 rings (SSSR count). The molecular weight excluding hydrogens is 406 g/mol. The van der Waals surface area contributed by atoms with Gasteiger partial charge in [0, 0.05) is 33.3 Å². The SMILES string of the molecule is COc1ccc(C(=O)N(C)Cc2ccc(OC(F)F)cc2)cc1S(=O)(=O)N(C)C. The predicted octanol–water partition coefficient (Wildman–Crippen LogP) is 2.82. The molecular formula is C19H22F2N2O5S. The van der Waals surface area contributed by atoms with Gasteiger partial charge in [0.1, 0.15) is 16.4 Å². The van der Waals surface area contributed by atoms with E-state index in [0.717, 1.165) is 4.31 Å². The summed E-state index contributed by atoms with van der Waals surface area (Å²) in [4.78, 5) is 14.0. The first-order valence-electron chi connectivity index (χ1n) is 8.46. The Balaban J connectivity index is 2.23. The molecule has 0 unspecified atom stereocenters. The number of hydrogen-bond acceptors (Lipinski definition) is 5. The number of carbonyl (C=O) groups excluding carboxylic acids is 1. The molecule has 29 heavy (non-hydrogen) atoms. The molecule has 1 amide bonds. The lowest BCUT2D eigenvalue weighted by Crippen LogP contribution is -2.27. The van der Waals surface area contributed by atoms with Crippen molar-refractivity contribution in [2.75, 3.05) is 28.3 Å². The summed E-state index contributed by atoms with van der Waals surface area (Å²) in [6.45, 7) is -2.72. The molecule has 0 saturated carbocycles. The maximum absolute atomic E-state index is 12.8. The fourth-order valence-corrected chi connectivity index (χ4v) is 3.63. The van der Waals surface area contributed by atoms with E-state index in [-0.39, 0.29) is 28.5 Å². The van der Waals surface area contributed by atoms with Crippen LogP contribution >= 0.6 is 0 Å². The summed E-state index contributed by atoms with van der Waals surface area (Å²) >= 11 is 0. The predicted molar refractivity (Wildman–Crippen MR) is 103 cm³/mol. The quantitative estimate of drug-likeness (QED) is 0.646. The van der Waals surface area contributed by atoms with E-state index in [1.807, 2.05) is 0 Å². The minimum Gasteiger partial charge on any atom is -0.495 e. The molecule has 2 aromatic rings. The van der Waals surface area contributed by atoms with Gasteiger partial charge in [0.25, 0.3) is 5.91 Å². The van der Waals surface area contributed by atoms with E-state index in [1.165, 1.54) is 56.4 Å². The molecule has 0 aliphatic rings. The highest BCUT2D eigenvalue weighted by Gasteiger charge is 2.24. The Morgan fingerprint density at radius 3 is 2.21 bits per heavy atom. The van der Waals surface area contributed by atoms with Crippen molar-refractivity contribution in [3.63, 3.8) is 0 Å². The van der Waals surface area contributed by atoms with Crippen LogP contribution in [0.4, 0.5) is 8.78 Å². The van der Waals surface area contributed by atoms with Crippen molar-refractivity contribution in [3.8, 4) is 11.5 Å². The largest absolute Gasteiger partial charge is 0.495 e. The molecule has 10 heteroatoms. The Hall–Kier alpha value is -2.72. The minimum absolute atomic E-state index is 0.0198. The number of nitrogens with zero attached hydrogens (tertiary/aromatic N) is 2. The van der Waals surface area contributed by atoms with Gasteiger partial charge in [-0.05, 0) is 35.9 Å². The third-order valence-electron chi connectivity index (χ3n) is 4.08. The summed E-state index contributed by atoms with van der Waals surface area (Å²) in [6.07, 6.45) is 0. The number of carbonyl (C=O) groups is 1. The number of hydrogen-bond donors (Lipinski definition) is 0. The highest BCUT2D eigenvalue weighted by atomic mass is 32.2. The molecule has 0 aliphatic carbocycles. The second-order valence-electron chi connectivity index (χ2n) is 6.34. The molecule has 158 valence electrons. The van der Waals surface area contributed by atoms with Crippen LogP contribution in [0.5, 0.6) is 11.5 Å². The zero-order chi connectivity index (χ0) is 21.8. The third-order valence-corrected chi connectivity index (χ3v) is 5.92. The molecule has 0 bridgehead atoms. The fourth-order valence-electron chi connectivity index (χ4n) is 2.55. The van der Waals surface area contributed by atoms with Gasteiger partial charge in [-0.25, -0.2) is 12.7 Å². The van der Waals surface area contributed by atoms with Crippen molar-refractivity contribution in [1.82, 2.24) is 9.21 Å². The molecule has 0 radical (unpaired) electrons. The van der Waals surface area contributed by atoms with Crippen molar-refractivity contribution in [2.24, 2.45) is 0 Å². The van der Waals surface area contributed by atoms with Crippen molar-refractivity contribution in [2.45, 2.75) is 18.1 Å². The first-order valence-corrected chi connectivity index (χ1v) is 9.90. The summed E-state index contributed by atoms with van der Waals surface area (Å²) in [5, 5.41) is 0. The monoisotopic (exact) mass is 428 g/mol. The first kappa shape index (κ1) is 22.6. The van der Waals surface area contributed by atoms with E-state index in [0.29, 0.717) is 5.56 Å². The average Bonchev–Trinajstić information content (AvgIpc) is 2.67. The van der Waals surface area contributed by atoms with Crippen molar-refractivity contribution < 1.29 is 31.5 Å². The number of halogens is 2. The summed E-state index contributed by atoms with van der Waals surface area (Å²) in [5.74, 6) is -0.255. The van der Waals surface area contributed by atoms with Crippen molar-refractivity contribution in [1.29, 1.82) is 0 Å². The van der Waals surface area contributed by atoms with Crippen LogP contribution in [0, 0.1) is 0 Å². The Labute approximate surface area is 168 Å². The molecule has 0 fully saturated rings. The molecule has 0 heterocycles. The average molecular weight is 428 g/mol. The van der Waals surface area contributed by atoms with Gasteiger partial charge in [-0.3, -0.25) is 4.79 Å². The lowest BCUT2D eigenvalue weighted by molar-refractivity contribution is -0.0498. The number of alkyl halides is 2. The Morgan fingerprint density at radius 2 is 1.69 bits per heavy atom. The lowest BCUT2D eigenvalue weighted by atomic mass is 10.1. The number of methoxy groups -OCH3 is 1. The molecule has 7 nitrogen and oxygen atoms in total. The topological polar surface area (TPSA) is 76.1 Å². The fraction of sp³-hybridized carbons (Fsp3) is 0.316. The maximum Gasteiger partial charge on any atom is 0.387 e. The van der Waals surface area contributed by atoms with Crippen LogP contribution < -0.4 is 9.47 Å². The van der Waals surface area contributed by atoms with Crippen LogP contribution in [-0.2, 0) is 16.6 Å². The molecule has 0 N–H and O–H groups in total. The van der Waals surface area contributed by atoms with Crippen LogP contribution in [0.2, 0.25) is 0 Å². The van der Waals surface area contributed by atoms with E-state index in [9.17, 15) is 22.0 Å². The molecule has 0 spiro atoms. The zero-order valence-corrected chi connectivity index (χ0v) is 17.2. The van der Waals surface area contributed by atoms with Crippen molar-refractivity contribution in [3.05, 3.63) is 53.6 Å². The summed E-state index contributed by atoms with van der Waals surface area (Å²) in [7, 11) is 1.86. The second-order valence-corrected chi connectivity index (χ2v) is 8.46. The van der Waals surface area contributed by atoms with Gasteiger partial charge >= 0.3 is 6.61 Å². The molecule has 2 aromatic carbocycles. The summed E-state index contributed by atoms with van der Waals surface area (Å²) < 4.78 is 59.9. The smallest absolute Gasteiger partial charge is 0.387 e. The van der Waals surface area contributed by atoms with Crippen LogP contribution in [0.3, 0.4) is 0 Å². The molecule has 0 saturated heterocycles. The van der Waals surface area contributed by atoms with Crippen LogP contribution in [0.1, 0.15) is 15.9 Å². The van der Waals surface area contributed by atoms with Crippen LogP contribution in [0.15, 0.2) is 47.4 Å². The highest BCUT2D eigenvalue weighted by Crippen LogP contribution is 2.27. The summed E-state index contributed by atoms with van der Waals surface area (Å²) in [5.41, 5.74) is 0.864. The van der Waals surface area contributed by atoms with Gasteiger partial charge in [-0.1, -0.05) is 12.1 Å². The van der Waals surface area contributed by atoms with Gasteiger partial charge in [0.05, 0.1) is 7.11 Å². The molecule has 0 aliphatic heterocycles. The number of rotatable bonds is 8. The summed E-state index contributed by atoms with van der Waals surface area (Å²) in [6, 6.07) is 10.1. The highest BCUT2D eigenvalue weighted by molar-refractivity contribution is 7.89. The van der Waals surface area contributed by atoms with Gasteiger partial charge in [0.2, 0.25) is 10.0 Å². The van der Waals surface area contributed by atoms with Crippen molar-refractivity contribution >= 4 is 15.9 Å². The van der Waals surface area contributed by atoms with Gasteiger partial charge < -0.3 is 14.4 Å². The first-order chi connectivity index (χ1) is 13.6. The van der Waals surface area contributed by atoms with E-state index < -0.39 is 22.5 Å². The van der Waals surface area contributed by atoms with E-state index in [1.54, 1.807) is 19.2 Å². The van der Waals surface area contributed by atoms with Crippen LogP contribution in [0.25, 0.3) is 0 Å². The lowest BCUT2D eigenvalue weighted by Gasteiger charge is -2.19. The standard InChI is InChI=1S/C19H22F2N2O5S/c1-22(2)29(25,26)17-11-14(7-10-16(17)27-4)18(24)23(3)12-13-5-8-15(9-6-13)28-19(20)21/h5-11,19H,12H2,1-4H3. The number of benzene rings is 2. The van der Waals surface area contributed by atoms with Gasteiger partial charge in [-0.2, -0.15) is 8.78 Å². The van der Waals surface area contributed by atoms with Crippen LogP contribution in [-0.4, -0.2) is 58.4 Å². The van der Waals surface area contributed by atoms with E-state index in [2.05, 4.69) is 4.74 Å². The maximum atomic E-state index is 12.8. The van der Waals surface area contributed by atoms with Gasteiger partial charge in [-0.15, -0.1) is 0 Å². The second kappa shape index (κ2) is 9.19. The third kappa shape index (κ3) is 5.42. The number of sulfonamides is 1. The number of amides is 1. The molecule has 0 atom stereocenters. The Bertz CT molecular complexity index is 963. The minimum atomic E-state index is -3.81. The van der Waals surface area contributed by atoms with E-state index in [4.69, 9.17) is 4.74 Å². The normalized spacial score (nSPS) is 11.6.